The van der Waals surface area contributed by atoms with E-state index in [0.717, 1.165) is 12.1 Å². The van der Waals surface area contributed by atoms with Crippen LogP contribution in [0.15, 0.2) is 12.1 Å². The van der Waals surface area contributed by atoms with Gasteiger partial charge in [-0.1, -0.05) is 13.8 Å². The summed E-state index contributed by atoms with van der Waals surface area (Å²) in [5.74, 6) is -3.97. The van der Waals surface area contributed by atoms with Crippen LogP contribution in [0, 0.1) is 24.5 Å². The minimum Gasteiger partial charge on any atom is -0.481 e. The first-order chi connectivity index (χ1) is 7.34. The molecular formula is C12H14F2O2. The summed E-state index contributed by atoms with van der Waals surface area (Å²) in [4.78, 5) is 11.1. The first kappa shape index (κ1) is 12.6. The van der Waals surface area contributed by atoms with Crippen LogP contribution in [0.1, 0.15) is 30.9 Å². The Bertz CT molecular complexity index is 414. The van der Waals surface area contributed by atoms with E-state index < -0.39 is 23.5 Å². The molecule has 16 heavy (non-hydrogen) atoms. The molecule has 1 atom stereocenters. The summed E-state index contributed by atoms with van der Waals surface area (Å²) in [5, 5.41) is 9.07. The molecule has 0 aliphatic heterocycles. The number of aryl methyl sites for hydroxylation is 1. The van der Waals surface area contributed by atoms with Gasteiger partial charge in [-0.2, -0.15) is 0 Å². The summed E-state index contributed by atoms with van der Waals surface area (Å²) >= 11 is 0. The third-order valence-corrected chi connectivity index (χ3v) is 2.58. The van der Waals surface area contributed by atoms with E-state index in [4.69, 9.17) is 5.11 Å². The standard InChI is InChI=1S/C12H14F2O2/c1-6(2)11(12(15)16)8-5-10(14)9(13)4-7(8)3/h4-6,11H,1-3H3,(H,15,16). The normalized spacial score (nSPS) is 12.9. The van der Waals surface area contributed by atoms with Crippen molar-refractivity contribution in [3.05, 3.63) is 34.9 Å². The van der Waals surface area contributed by atoms with E-state index in [1.165, 1.54) is 0 Å². The van der Waals surface area contributed by atoms with Crippen LogP contribution in [0.25, 0.3) is 0 Å². The van der Waals surface area contributed by atoms with Crippen molar-refractivity contribution >= 4 is 5.97 Å². The zero-order chi connectivity index (χ0) is 12.5. The first-order valence-corrected chi connectivity index (χ1v) is 5.03. The molecule has 0 saturated heterocycles. The fourth-order valence-electron chi connectivity index (χ4n) is 1.77. The van der Waals surface area contributed by atoms with Crippen LogP contribution in [0.5, 0.6) is 0 Å². The molecule has 0 heterocycles. The van der Waals surface area contributed by atoms with Crippen molar-refractivity contribution in [3.63, 3.8) is 0 Å². The van der Waals surface area contributed by atoms with Crippen LogP contribution < -0.4 is 0 Å². The largest absolute Gasteiger partial charge is 0.481 e. The van der Waals surface area contributed by atoms with Crippen molar-refractivity contribution in [1.29, 1.82) is 0 Å². The van der Waals surface area contributed by atoms with Crippen molar-refractivity contribution in [2.24, 2.45) is 5.92 Å². The van der Waals surface area contributed by atoms with Crippen molar-refractivity contribution in [1.82, 2.24) is 0 Å². The average Bonchev–Trinajstić information content (AvgIpc) is 2.12. The summed E-state index contributed by atoms with van der Waals surface area (Å²) in [6.07, 6.45) is 0. The zero-order valence-corrected chi connectivity index (χ0v) is 9.42. The maximum atomic E-state index is 13.1. The Labute approximate surface area is 92.9 Å². The van der Waals surface area contributed by atoms with Gasteiger partial charge in [0, 0.05) is 0 Å². The van der Waals surface area contributed by atoms with E-state index in [-0.39, 0.29) is 5.92 Å². The van der Waals surface area contributed by atoms with E-state index >= 15 is 0 Å². The van der Waals surface area contributed by atoms with Gasteiger partial charge in [-0.15, -0.1) is 0 Å². The van der Waals surface area contributed by atoms with E-state index in [1.807, 2.05) is 0 Å². The molecule has 1 rings (SSSR count). The summed E-state index contributed by atoms with van der Waals surface area (Å²) in [5.41, 5.74) is 0.793. The molecule has 0 aromatic heterocycles. The van der Waals surface area contributed by atoms with E-state index in [0.29, 0.717) is 11.1 Å². The number of hydrogen-bond acceptors (Lipinski definition) is 1. The molecule has 0 saturated carbocycles. The monoisotopic (exact) mass is 228 g/mol. The lowest BCUT2D eigenvalue weighted by Crippen LogP contribution is -2.19. The second kappa shape index (κ2) is 4.60. The summed E-state index contributed by atoms with van der Waals surface area (Å²) < 4.78 is 26.0. The number of rotatable bonds is 3. The molecule has 1 unspecified atom stereocenters. The summed E-state index contributed by atoms with van der Waals surface area (Å²) in [6.45, 7) is 5.05. The van der Waals surface area contributed by atoms with Crippen LogP contribution in [0.3, 0.4) is 0 Å². The van der Waals surface area contributed by atoms with Crippen molar-refractivity contribution in [2.75, 3.05) is 0 Å². The smallest absolute Gasteiger partial charge is 0.311 e. The highest BCUT2D eigenvalue weighted by Gasteiger charge is 2.26. The number of hydrogen-bond donors (Lipinski definition) is 1. The minimum atomic E-state index is -1.02. The van der Waals surface area contributed by atoms with Crippen LogP contribution in [-0.2, 0) is 4.79 Å². The molecule has 0 aliphatic carbocycles. The average molecular weight is 228 g/mol. The van der Waals surface area contributed by atoms with Gasteiger partial charge in [-0.05, 0) is 36.1 Å². The fraction of sp³-hybridized carbons (Fsp3) is 0.417. The number of carbonyl (C=O) groups is 1. The molecule has 0 radical (unpaired) electrons. The highest BCUT2D eigenvalue weighted by molar-refractivity contribution is 5.77. The molecule has 1 aromatic rings. The molecule has 1 aromatic carbocycles. The van der Waals surface area contributed by atoms with Crippen LogP contribution >= 0.6 is 0 Å². The van der Waals surface area contributed by atoms with Gasteiger partial charge in [0.25, 0.3) is 0 Å². The van der Waals surface area contributed by atoms with Gasteiger partial charge in [0.1, 0.15) is 0 Å². The molecule has 2 nitrogen and oxygen atoms in total. The lowest BCUT2D eigenvalue weighted by Gasteiger charge is -2.19. The third kappa shape index (κ3) is 2.38. The van der Waals surface area contributed by atoms with Crippen molar-refractivity contribution < 1.29 is 18.7 Å². The van der Waals surface area contributed by atoms with Crippen LogP contribution in [0.4, 0.5) is 8.78 Å². The third-order valence-electron chi connectivity index (χ3n) is 2.58. The quantitative estimate of drug-likeness (QED) is 0.863. The Balaban J connectivity index is 3.30. The highest BCUT2D eigenvalue weighted by atomic mass is 19.2. The van der Waals surface area contributed by atoms with Gasteiger partial charge < -0.3 is 5.11 Å². The predicted molar refractivity (Wildman–Crippen MR) is 56.3 cm³/mol. The van der Waals surface area contributed by atoms with Gasteiger partial charge in [-0.3, -0.25) is 4.79 Å². The maximum absolute atomic E-state index is 13.1. The topological polar surface area (TPSA) is 37.3 Å². The SMILES string of the molecule is Cc1cc(F)c(F)cc1C(C(=O)O)C(C)C. The van der Waals surface area contributed by atoms with Crippen LogP contribution in [-0.4, -0.2) is 11.1 Å². The molecule has 0 amide bonds. The molecular weight excluding hydrogens is 214 g/mol. The molecule has 0 aliphatic rings. The molecule has 0 spiro atoms. The summed E-state index contributed by atoms with van der Waals surface area (Å²) in [6, 6.07) is 2.01. The Morgan fingerprint density at radius 1 is 1.25 bits per heavy atom. The second-order valence-corrected chi connectivity index (χ2v) is 4.18. The zero-order valence-electron chi connectivity index (χ0n) is 9.42. The lowest BCUT2D eigenvalue weighted by atomic mass is 9.86. The Hall–Kier alpha value is -1.45. The Morgan fingerprint density at radius 2 is 1.75 bits per heavy atom. The predicted octanol–water partition coefficient (Wildman–Crippen LogP) is 3.10. The van der Waals surface area contributed by atoms with E-state index in [2.05, 4.69) is 0 Å². The maximum Gasteiger partial charge on any atom is 0.311 e. The van der Waals surface area contributed by atoms with Crippen molar-refractivity contribution in [3.8, 4) is 0 Å². The Kier molecular flexibility index (Phi) is 3.62. The number of halogens is 2. The lowest BCUT2D eigenvalue weighted by molar-refractivity contribution is -0.139. The van der Waals surface area contributed by atoms with Crippen LogP contribution in [0.2, 0.25) is 0 Å². The van der Waals surface area contributed by atoms with Gasteiger partial charge in [0.2, 0.25) is 0 Å². The number of carboxylic acids is 1. The first-order valence-electron chi connectivity index (χ1n) is 5.03. The highest BCUT2D eigenvalue weighted by Crippen LogP contribution is 2.28. The molecule has 1 N–H and O–H groups in total. The number of carboxylic acid groups (broad SMARTS) is 1. The van der Waals surface area contributed by atoms with Gasteiger partial charge in [0.15, 0.2) is 11.6 Å². The van der Waals surface area contributed by atoms with E-state index in [1.54, 1.807) is 20.8 Å². The van der Waals surface area contributed by atoms with Gasteiger partial charge in [0.05, 0.1) is 5.92 Å². The fourth-order valence-corrected chi connectivity index (χ4v) is 1.77. The summed E-state index contributed by atoms with van der Waals surface area (Å²) in [7, 11) is 0. The molecule has 0 fully saturated rings. The minimum absolute atomic E-state index is 0.180. The van der Waals surface area contributed by atoms with E-state index in [9.17, 15) is 13.6 Å². The molecule has 4 heteroatoms. The molecule has 0 bridgehead atoms. The Morgan fingerprint density at radius 3 is 2.19 bits per heavy atom. The van der Waals surface area contributed by atoms with Crippen molar-refractivity contribution in [2.45, 2.75) is 26.7 Å². The van der Waals surface area contributed by atoms with Gasteiger partial charge >= 0.3 is 5.97 Å². The number of benzene rings is 1. The number of aliphatic carboxylic acids is 1. The second-order valence-electron chi connectivity index (χ2n) is 4.18. The van der Waals surface area contributed by atoms with Gasteiger partial charge in [-0.25, -0.2) is 8.78 Å². The molecule has 88 valence electrons.